The maximum absolute atomic E-state index is 5.50. The van der Waals surface area contributed by atoms with Gasteiger partial charge in [0.2, 0.25) is 5.95 Å². The van der Waals surface area contributed by atoms with Gasteiger partial charge in [-0.05, 0) is 31.4 Å². The molecule has 138 valence electrons. The van der Waals surface area contributed by atoms with Crippen molar-refractivity contribution in [1.82, 2.24) is 15.2 Å². The van der Waals surface area contributed by atoms with E-state index in [0.29, 0.717) is 0 Å². The first kappa shape index (κ1) is 16.9. The Labute approximate surface area is 154 Å². The van der Waals surface area contributed by atoms with E-state index in [2.05, 4.69) is 37.0 Å². The number of para-hydroxylation sites is 2. The number of rotatable bonds is 4. The van der Waals surface area contributed by atoms with Crippen LogP contribution in [0.5, 0.6) is 5.75 Å². The van der Waals surface area contributed by atoms with Gasteiger partial charge in [-0.15, -0.1) is 5.10 Å². The number of hydrogen-bond donors (Lipinski definition) is 0. The number of anilines is 3. The predicted molar refractivity (Wildman–Crippen MR) is 103 cm³/mol. The highest BCUT2D eigenvalue weighted by Gasteiger charge is 2.22. The van der Waals surface area contributed by atoms with Crippen LogP contribution in [-0.4, -0.2) is 61.6 Å². The summed E-state index contributed by atoms with van der Waals surface area (Å²) in [6.45, 7) is 5.72. The van der Waals surface area contributed by atoms with Crippen LogP contribution in [0.1, 0.15) is 19.3 Å². The molecule has 0 radical (unpaired) electrons. The molecule has 4 rings (SSSR count). The third-order valence-electron chi connectivity index (χ3n) is 5.20. The first-order valence-corrected chi connectivity index (χ1v) is 9.43. The van der Waals surface area contributed by atoms with Gasteiger partial charge < -0.3 is 19.4 Å². The highest BCUT2D eigenvalue weighted by molar-refractivity contribution is 5.59. The molecule has 26 heavy (non-hydrogen) atoms. The molecule has 7 heteroatoms. The molecule has 0 bridgehead atoms. The molecule has 3 heterocycles. The van der Waals surface area contributed by atoms with Gasteiger partial charge in [0, 0.05) is 39.3 Å². The van der Waals surface area contributed by atoms with Crippen molar-refractivity contribution < 1.29 is 4.74 Å². The average molecular weight is 354 g/mol. The van der Waals surface area contributed by atoms with Crippen LogP contribution in [0.3, 0.4) is 0 Å². The monoisotopic (exact) mass is 354 g/mol. The van der Waals surface area contributed by atoms with Crippen LogP contribution >= 0.6 is 0 Å². The van der Waals surface area contributed by atoms with E-state index in [0.717, 1.165) is 62.5 Å². The summed E-state index contributed by atoms with van der Waals surface area (Å²) in [5.74, 6) is 2.63. The van der Waals surface area contributed by atoms with Crippen LogP contribution in [0.15, 0.2) is 30.5 Å². The molecule has 0 amide bonds. The molecular formula is C19H26N6O. The minimum atomic E-state index is 0.743. The highest BCUT2D eigenvalue weighted by Crippen LogP contribution is 2.29. The lowest BCUT2D eigenvalue weighted by Gasteiger charge is -2.36. The molecule has 1 aromatic carbocycles. The summed E-state index contributed by atoms with van der Waals surface area (Å²) < 4.78 is 5.50. The molecular weight excluding hydrogens is 328 g/mol. The van der Waals surface area contributed by atoms with Crippen molar-refractivity contribution in [3.05, 3.63) is 30.5 Å². The van der Waals surface area contributed by atoms with E-state index in [1.54, 1.807) is 13.3 Å². The second-order valence-corrected chi connectivity index (χ2v) is 6.81. The molecule has 0 atom stereocenters. The Balaban J connectivity index is 1.43. The second-order valence-electron chi connectivity index (χ2n) is 6.81. The lowest BCUT2D eigenvalue weighted by molar-refractivity contribution is 0.413. The van der Waals surface area contributed by atoms with Crippen molar-refractivity contribution in [2.45, 2.75) is 19.3 Å². The minimum absolute atomic E-state index is 0.743. The van der Waals surface area contributed by atoms with Gasteiger partial charge in [0.1, 0.15) is 5.75 Å². The molecule has 2 aromatic rings. The number of aromatic nitrogens is 3. The van der Waals surface area contributed by atoms with Crippen molar-refractivity contribution in [3.63, 3.8) is 0 Å². The third kappa shape index (κ3) is 3.52. The van der Waals surface area contributed by atoms with E-state index in [1.807, 2.05) is 12.1 Å². The highest BCUT2D eigenvalue weighted by atomic mass is 16.5. The summed E-state index contributed by atoms with van der Waals surface area (Å²) in [5.41, 5.74) is 1.15. The van der Waals surface area contributed by atoms with Crippen LogP contribution in [-0.2, 0) is 0 Å². The molecule has 2 aliphatic heterocycles. The van der Waals surface area contributed by atoms with E-state index in [4.69, 9.17) is 9.72 Å². The van der Waals surface area contributed by atoms with Gasteiger partial charge >= 0.3 is 0 Å². The van der Waals surface area contributed by atoms with E-state index in [-0.39, 0.29) is 0 Å². The van der Waals surface area contributed by atoms with Crippen LogP contribution in [0.25, 0.3) is 0 Å². The van der Waals surface area contributed by atoms with Crippen molar-refractivity contribution >= 4 is 17.5 Å². The van der Waals surface area contributed by atoms with Gasteiger partial charge in [-0.3, -0.25) is 0 Å². The van der Waals surface area contributed by atoms with Crippen molar-refractivity contribution in [3.8, 4) is 5.75 Å². The van der Waals surface area contributed by atoms with E-state index in [9.17, 15) is 0 Å². The van der Waals surface area contributed by atoms with E-state index < -0.39 is 0 Å². The van der Waals surface area contributed by atoms with Gasteiger partial charge in [0.25, 0.3) is 0 Å². The van der Waals surface area contributed by atoms with Crippen LogP contribution in [0, 0.1) is 0 Å². The second kappa shape index (κ2) is 7.76. The lowest BCUT2D eigenvalue weighted by atomic mass is 10.1. The fourth-order valence-electron chi connectivity index (χ4n) is 3.73. The van der Waals surface area contributed by atoms with Gasteiger partial charge in [-0.25, -0.2) is 0 Å². The van der Waals surface area contributed by atoms with Gasteiger partial charge in [0.15, 0.2) is 5.82 Å². The fourth-order valence-corrected chi connectivity index (χ4v) is 3.73. The first-order chi connectivity index (χ1) is 12.8. The Kier molecular flexibility index (Phi) is 5.04. The zero-order chi connectivity index (χ0) is 17.8. The summed E-state index contributed by atoms with van der Waals surface area (Å²) in [5, 5.41) is 8.49. The SMILES string of the molecule is COc1ccccc1N1CCN(c2nncc(N3CCCCC3)n2)CC1. The lowest BCUT2D eigenvalue weighted by Crippen LogP contribution is -2.47. The first-order valence-electron chi connectivity index (χ1n) is 9.43. The Morgan fingerprint density at radius 2 is 1.58 bits per heavy atom. The van der Waals surface area contributed by atoms with Gasteiger partial charge in [0.05, 0.1) is 19.0 Å². The van der Waals surface area contributed by atoms with Crippen molar-refractivity contribution in [2.24, 2.45) is 0 Å². The number of hydrogen-bond acceptors (Lipinski definition) is 7. The van der Waals surface area contributed by atoms with Crippen LogP contribution in [0.4, 0.5) is 17.5 Å². The summed E-state index contributed by atoms with van der Waals surface area (Å²) in [6.07, 6.45) is 5.57. The molecule has 0 saturated carbocycles. The van der Waals surface area contributed by atoms with Crippen molar-refractivity contribution in [2.75, 3.05) is 61.1 Å². The molecule has 1 aromatic heterocycles. The molecule has 0 aliphatic carbocycles. The fraction of sp³-hybridized carbons (Fsp3) is 0.526. The number of ether oxygens (including phenoxy) is 1. The van der Waals surface area contributed by atoms with Gasteiger partial charge in [-0.2, -0.15) is 10.1 Å². The zero-order valence-electron chi connectivity index (χ0n) is 15.3. The maximum atomic E-state index is 5.50. The van der Waals surface area contributed by atoms with E-state index in [1.165, 1.54) is 19.3 Å². The number of benzene rings is 1. The summed E-state index contributed by atoms with van der Waals surface area (Å²) in [7, 11) is 1.72. The quantitative estimate of drug-likeness (QED) is 0.834. The largest absolute Gasteiger partial charge is 0.495 e. The number of piperidine rings is 1. The molecule has 7 nitrogen and oxygen atoms in total. The molecule has 0 spiro atoms. The predicted octanol–water partition coefficient (Wildman–Crippen LogP) is 2.20. The van der Waals surface area contributed by atoms with Crippen LogP contribution < -0.4 is 19.4 Å². The topological polar surface area (TPSA) is 57.6 Å². The van der Waals surface area contributed by atoms with E-state index >= 15 is 0 Å². The summed E-state index contributed by atoms with van der Waals surface area (Å²) >= 11 is 0. The van der Waals surface area contributed by atoms with Crippen molar-refractivity contribution in [1.29, 1.82) is 0 Å². The molecule has 0 N–H and O–H groups in total. The number of methoxy groups -OCH3 is 1. The molecule has 0 unspecified atom stereocenters. The standard InChI is InChI=1S/C19H26N6O/c1-26-17-8-4-3-7-16(17)23-11-13-25(14-12-23)19-21-18(15-20-22-19)24-9-5-2-6-10-24/h3-4,7-8,15H,2,5-6,9-14H2,1H3. The Morgan fingerprint density at radius 3 is 2.35 bits per heavy atom. The minimum Gasteiger partial charge on any atom is -0.495 e. The maximum Gasteiger partial charge on any atom is 0.247 e. The normalized spacial score (nSPS) is 18.1. The Morgan fingerprint density at radius 1 is 0.846 bits per heavy atom. The zero-order valence-corrected chi connectivity index (χ0v) is 15.3. The summed E-state index contributed by atoms with van der Waals surface area (Å²) in [6, 6.07) is 8.18. The average Bonchev–Trinajstić information content (AvgIpc) is 2.74. The molecule has 2 fully saturated rings. The third-order valence-corrected chi connectivity index (χ3v) is 5.20. The number of piperazine rings is 1. The van der Waals surface area contributed by atoms with Gasteiger partial charge in [-0.1, -0.05) is 12.1 Å². The molecule has 2 aliphatic rings. The Bertz CT molecular complexity index is 725. The summed E-state index contributed by atoms with van der Waals surface area (Å²) in [4.78, 5) is 11.7. The smallest absolute Gasteiger partial charge is 0.247 e. The number of nitrogens with zero attached hydrogens (tertiary/aromatic N) is 6. The Hall–Kier alpha value is -2.57. The van der Waals surface area contributed by atoms with Crippen LogP contribution in [0.2, 0.25) is 0 Å². The molecule has 2 saturated heterocycles.